The van der Waals surface area contributed by atoms with E-state index in [2.05, 4.69) is 17.2 Å². The van der Waals surface area contributed by atoms with Gasteiger partial charge in [-0.2, -0.15) is 0 Å². The molecule has 0 aliphatic carbocycles. The molecule has 3 heterocycles. The number of aryl methyl sites for hydroxylation is 1. The predicted octanol–water partition coefficient (Wildman–Crippen LogP) is 2.69. The van der Waals surface area contributed by atoms with Crippen LogP contribution in [0.1, 0.15) is 71.6 Å². The summed E-state index contributed by atoms with van der Waals surface area (Å²) in [5.41, 5.74) is 3.49. The highest BCUT2D eigenvalue weighted by Crippen LogP contribution is 2.37. The van der Waals surface area contributed by atoms with Crippen molar-refractivity contribution in [3.8, 4) is 0 Å². The SMILES string of the molecule is CCCc1c(C(=O)N2CCC3(CCNC3)CC2)[nH]c(C)c1C(C)=O. The van der Waals surface area contributed by atoms with E-state index in [0.717, 1.165) is 63.1 Å². The van der Waals surface area contributed by atoms with Crippen LogP contribution in [0.3, 0.4) is 0 Å². The van der Waals surface area contributed by atoms with E-state index in [-0.39, 0.29) is 11.7 Å². The Morgan fingerprint density at radius 3 is 2.46 bits per heavy atom. The summed E-state index contributed by atoms with van der Waals surface area (Å²) in [4.78, 5) is 30.2. The van der Waals surface area contributed by atoms with Crippen LogP contribution in [-0.4, -0.2) is 47.8 Å². The van der Waals surface area contributed by atoms with Gasteiger partial charge in [0.05, 0.1) is 0 Å². The molecule has 0 atom stereocenters. The molecule has 2 N–H and O–H groups in total. The maximum absolute atomic E-state index is 13.1. The minimum absolute atomic E-state index is 0.0425. The van der Waals surface area contributed by atoms with E-state index in [4.69, 9.17) is 0 Å². The van der Waals surface area contributed by atoms with Gasteiger partial charge in [0.15, 0.2) is 5.78 Å². The number of carbonyl (C=O) groups excluding carboxylic acids is 2. The summed E-state index contributed by atoms with van der Waals surface area (Å²) in [6.07, 6.45) is 5.07. The van der Waals surface area contributed by atoms with Gasteiger partial charge in [0, 0.05) is 30.9 Å². The molecule has 2 fully saturated rings. The van der Waals surface area contributed by atoms with Gasteiger partial charge in [-0.05, 0) is 57.1 Å². The summed E-state index contributed by atoms with van der Waals surface area (Å²) >= 11 is 0. The topological polar surface area (TPSA) is 65.2 Å². The van der Waals surface area contributed by atoms with Crippen molar-refractivity contribution in [1.29, 1.82) is 0 Å². The maximum Gasteiger partial charge on any atom is 0.270 e. The highest BCUT2D eigenvalue weighted by atomic mass is 16.2. The van der Waals surface area contributed by atoms with Crippen molar-refractivity contribution in [2.45, 2.75) is 52.9 Å². The molecule has 0 bridgehead atoms. The number of aromatic nitrogens is 1. The normalized spacial score (nSPS) is 19.9. The van der Waals surface area contributed by atoms with Gasteiger partial charge in [0.1, 0.15) is 5.69 Å². The number of likely N-dealkylation sites (tertiary alicyclic amines) is 1. The van der Waals surface area contributed by atoms with Crippen LogP contribution in [0, 0.1) is 12.3 Å². The van der Waals surface area contributed by atoms with E-state index in [1.807, 2.05) is 11.8 Å². The zero-order valence-electron chi connectivity index (χ0n) is 15.1. The van der Waals surface area contributed by atoms with Crippen LogP contribution in [0.15, 0.2) is 0 Å². The van der Waals surface area contributed by atoms with Gasteiger partial charge in [-0.3, -0.25) is 9.59 Å². The Morgan fingerprint density at radius 1 is 1.21 bits per heavy atom. The molecule has 132 valence electrons. The Labute approximate surface area is 144 Å². The molecule has 0 unspecified atom stereocenters. The zero-order chi connectivity index (χ0) is 17.3. The summed E-state index contributed by atoms with van der Waals surface area (Å²) in [7, 11) is 0. The van der Waals surface area contributed by atoms with E-state index >= 15 is 0 Å². The van der Waals surface area contributed by atoms with Crippen LogP contribution in [0.25, 0.3) is 0 Å². The molecule has 5 nitrogen and oxygen atoms in total. The van der Waals surface area contributed by atoms with Gasteiger partial charge in [-0.25, -0.2) is 0 Å². The molecule has 2 aliphatic rings. The first-order chi connectivity index (χ1) is 11.5. The molecule has 1 spiro atoms. The summed E-state index contributed by atoms with van der Waals surface area (Å²) < 4.78 is 0. The van der Waals surface area contributed by atoms with E-state index in [0.29, 0.717) is 16.7 Å². The van der Waals surface area contributed by atoms with Crippen molar-refractivity contribution < 1.29 is 9.59 Å². The van der Waals surface area contributed by atoms with E-state index in [1.165, 1.54) is 6.42 Å². The molecule has 0 saturated carbocycles. The molecular weight excluding hydrogens is 302 g/mol. The van der Waals surface area contributed by atoms with Crippen molar-refractivity contribution in [1.82, 2.24) is 15.2 Å². The van der Waals surface area contributed by atoms with Gasteiger partial charge >= 0.3 is 0 Å². The number of rotatable bonds is 4. The second-order valence-electron chi connectivity index (χ2n) is 7.50. The summed E-state index contributed by atoms with van der Waals surface area (Å²) in [6, 6.07) is 0. The fourth-order valence-corrected chi connectivity index (χ4v) is 4.40. The molecule has 1 amide bonds. The fraction of sp³-hybridized carbons (Fsp3) is 0.684. The lowest BCUT2D eigenvalue weighted by Gasteiger charge is -2.38. The number of amides is 1. The van der Waals surface area contributed by atoms with Gasteiger partial charge in [0.2, 0.25) is 0 Å². The predicted molar refractivity (Wildman–Crippen MR) is 94.6 cm³/mol. The van der Waals surface area contributed by atoms with E-state index in [1.54, 1.807) is 6.92 Å². The minimum atomic E-state index is 0.0425. The van der Waals surface area contributed by atoms with Crippen molar-refractivity contribution in [2.75, 3.05) is 26.2 Å². The van der Waals surface area contributed by atoms with Crippen molar-refractivity contribution >= 4 is 11.7 Å². The van der Waals surface area contributed by atoms with Gasteiger partial charge < -0.3 is 15.2 Å². The third-order valence-corrected chi connectivity index (χ3v) is 5.80. The fourth-order valence-electron chi connectivity index (χ4n) is 4.40. The average Bonchev–Trinajstić information content (AvgIpc) is 3.13. The first kappa shape index (κ1) is 17.2. The Bertz CT molecular complexity index is 631. The molecule has 2 saturated heterocycles. The largest absolute Gasteiger partial charge is 0.354 e. The monoisotopic (exact) mass is 331 g/mol. The lowest BCUT2D eigenvalue weighted by atomic mass is 9.78. The van der Waals surface area contributed by atoms with Crippen LogP contribution < -0.4 is 5.32 Å². The quantitative estimate of drug-likeness (QED) is 0.834. The number of ketones is 1. The first-order valence-corrected chi connectivity index (χ1v) is 9.20. The molecule has 1 aromatic heterocycles. The number of H-pyrrole nitrogens is 1. The highest BCUT2D eigenvalue weighted by Gasteiger charge is 2.38. The minimum Gasteiger partial charge on any atom is -0.354 e. The Balaban J connectivity index is 1.80. The number of hydrogen-bond acceptors (Lipinski definition) is 3. The number of hydrogen-bond donors (Lipinski definition) is 2. The second kappa shape index (κ2) is 6.71. The van der Waals surface area contributed by atoms with Crippen molar-refractivity contribution in [3.05, 3.63) is 22.5 Å². The third-order valence-electron chi connectivity index (χ3n) is 5.80. The molecule has 3 rings (SSSR count). The van der Waals surface area contributed by atoms with Crippen LogP contribution >= 0.6 is 0 Å². The van der Waals surface area contributed by atoms with Gasteiger partial charge in [-0.15, -0.1) is 0 Å². The number of piperidine rings is 1. The van der Waals surface area contributed by atoms with Crippen molar-refractivity contribution in [2.24, 2.45) is 5.41 Å². The Morgan fingerprint density at radius 2 is 1.92 bits per heavy atom. The molecular formula is C19H29N3O2. The highest BCUT2D eigenvalue weighted by molar-refractivity contribution is 6.02. The Hall–Kier alpha value is -1.62. The van der Waals surface area contributed by atoms with Crippen molar-refractivity contribution in [3.63, 3.8) is 0 Å². The molecule has 2 aliphatic heterocycles. The standard InChI is InChI=1S/C19H29N3O2/c1-4-5-15-16(14(3)23)13(2)21-17(15)18(24)22-10-7-19(8-11-22)6-9-20-12-19/h20-21H,4-12H2,1-3H3. The number of carbonyl (C=O) groups is 2. The maximum atomic E-state index is 13.1. The van der Waals surface area contributed by atoms with Crippen LogP contribution in [0.5, 0.6) is 0 Å². The number of Topliss-reactive ketones (excluding diaryl/α,β-unsaturated/α-hetero) is 1. The number of nitrogens with zero attached hydrogens (tertiary/aromatic N) is 1. The second-order valence-corrected chi connectivity index (χ2v) is 7.50. The van der Waals surface area contributed by atoms with Gasteiger partial charge in [0.25, 0.3) is 5.91 Å². The number of aromatic amines is 1. The molecule has 0 radical (unpaired) electrons. The lowest BCUT2D eigenvalue weighted by molar-refractivity contribution is 0.0601. The summed E-state index contributed by atoms with van der Waals surface area (Å²) in [6.45, 7) is 9.39. The first-order valence-electron chi connectivity index (χ1n) is 9.20. The molecule has 0 aromatic carbocycles. The lowest BCUT2D eigenvalue weighted by Crippen LogP contribution is -2.44. The molecule has 24 heavy (non-hydrogen) atoms. The van der Waals surface area contributed by atoms with E-state index < -0.39 is 0 Å². The summed E-state index contributed by atoms with van der Waals surface area (Å²) in [5, 5.41) is 3.46. The number of nitrogens with one attached hydrogen (secondary N) is 2. The van der Waals surface area contributed by atoms with Crippen LogP contribution in [-0.2, 0) is 6.42 Å². The zero-order valence-corrected chi connectivity index (χ0v) is 15.1. The molecule has 5 heteroatoms. The third kappa shape index (κ3) is 3.02. The van der Waals surface area contributed by atoms with Crippen LogP contribution in [0.4, 0.5) is 0 Å². The Kier molecular flexibility index (Phi) is 4.81. The van der Waals surface area contributed by atoms with Gasteiger partial charge in [-0.1, -0.05) is 13.3 Å². The average molecular weight is 331 g/mol. The smallest absolute Gasteiger partial charge is 0.270 e. The molecule has 1 aromatic rings. The summed E-state index contributed by atoms with van der Waals surface area (Å²) in [5.74, 6) is 0.107. The van der Waals surface area contributed by atoms with E-state index in [9.17, 15) is 9.59 Å². The van der Waals surface area contributed by atoms with Crippen LogP contribution in [0.2, 0.25) is 0 Å².